The zero-order chi connectivity index (χ0) is 23.9. The molecule has 7 nitrogen and oxygen atoms in total. The second-order valence-electron chi connectivity index (χ2n) is 7.50. The van der Waals surface area contributed by atoms with Gasteiger partial charge in [-0.15, -0.1) is 0 Å². The predicted octanol–water partition coefficient (Wildman–Crippen LogP) is 4.70. The van der Waals surface area contributed by atoms with Gasteiger partial charge in [0, 0.05) is 11.6 Å². The third kappa shape index (κ3) is 5.55. The summed E-state index contributed by atoms with van der Waals surface area (Å²) in [7, 11) is 0. The summed E-state index contributed by atoms with van der Waals surface area (Å²) in [6.45, 7) is 3.05. The molecule has 4 aromatic rings. The summed E-state index contributed by atoms with van der Waals surface area (Å²) in [5.41, 5.74) is 0.634. The van der Waals surface area contributed by atoms with E-state index in [0.29, 0.717) is 46.2 Å². The predicted molar refractivity (Wildman–Crippen MR) is 132 cm³/mol. The van der Waals surface area contributed by atoms with Crippen molar-refractivity contribution in [1.29, 1.82) is 0 Å². The Morgan fingerprint density at radius 2 is 1.74 bits per heavy atom. The molecule has 0 saturated carbocycles. The van der Waals surface area contributed by atoms with E-state index in [0.717, 1.165) is 5.75 Å². The van der Waals surface area contributed by atoms with Crippen LogP contribution in [0.3, 0.4) is 0 Å². The second kappa shape index (κ2) is 10.9. The van der Waals surface area contributed by atoms with Gasteiger partial charge < -0.3 is 19.4 Å². The highest BCUT2D eigenvalue weighted by atomic mass is 35.5. The van der Waals surface area contributed by atoms with E-state index in [1.807, 2.05) is 43.3 Å². The molecule has 1 amide bonds. The maximum Gasteiger partial charge on any atom is 0.258 e. The topological polar surface area (TPSA) is 84.5 Å². The molecular formula is C26H24ClN3O4. The van der Waals surface area contributed by atoms with E-state index in [4.69, 9.17) is 21.1 Å². The van der Waals surface area contributed by atoms with Crippen molar-refractivity contribution in [2.45, 2.75) is 13.5 Å². The van der Waals surface area contributed by atoms with Gasteiger partial charge >= 0.3 is 0 Å². The lowest BCUT2D eigenvalue weighted by molar-refractivity contribution is 0.0743. The number of aromatic nitrogens is 2. The summed E-state index contributed by atoms with van der Waals surface area (Å²) >= 11 is 6.05. The van der Waals surface area contributed by atoms with Crippen LogP contribution in [0.1, 0.15) is 23.1 Å². The Kier molecular flexibility index (Phi) is 7.44. The number of fused-ring (bicyclic) bond motifs is 1. The lowest BCUT2D eigenvalue weighted by Gasteiger charge is -2.22. The van der Waals surface area contributed by atoms with E-state index < -0.39 is 0 Å². The molecule has 0 saturated heterocycles. The summed E-state index contributed by atoms with van der Waals surface area (Å²) in [5, 5.41) is 0.932. The number of aromatic amines is 1. The number of carbonyl (C=O) groups excluding carboxylic acids is 1. The fourth-order valence-electron chi connectivity index (χ4n) is 3.51. The van der Waals surface area contributed by atoms with Gasteiger partial charge in [-0.05, 0) is 49.4 Å². The molecule has 174 valence electrons. The van der Waals surface area contributed by atoms with E-state index in [9.17, 15) is 9.59 Å². The molecule has 0 aliphatic heterocycles. The molecule has 0 aliphatic carbocycles. The molecule has 0 fully saturated rings. The third-order valence-electron chi connectivity index (χ3n) is 5.20. The van der Waals surface area contributed by atoms with E-state index in [1.54, 1.807) is 41.3 Å². The van der Waals surface area contributed by atoms with Crippen LogP contribution in [0.15, 0.2) is 77.6 Å². The molecule has 0 spiro atoms. The summed E-state index contributed by atoms with van der Waals surface area (Å²) in [6, 6.07) is 21.4. The van der Waals surface area contributed by atoms with Crippen molar-refractivity contribution >= 4 is 28.4 Å². The van der Waals surface area contributed by atoms with Crippen LogP contribution in [0.2, 0.25) is 5.02 Å². The second-order valence-corrected chi connectivity index (χ2v) is 7.94. The van der Waals surface area contributed by atoms with Crippen LogP contribution in [0, 0.1) is 0 Å². The maximum atomic E-state index is 13.3. The van der Waals surface area contributed by atoms with Gasteiger partial charge in [0.25, 0.3) is 11.5 Å². The van der Waals surface area contributed by atoms with Gasteiger partial charge in [-0.2, -0.15) is 0 Å². The summed E-state index contributed by atoms with van der Waals surface area (Å²) in [4.78, 5) is 34.6. The van der Waals surface area contributed by atoms with Gasteiger partial charge in [-0.3, -0.25) is 9.59 Å². The van der Waals surface area contributed by atoms with Crippen LogP contribution >= 0.6 is 11.6 Å². The van der Waals surface area contributed by atoms with Crippen molar-refractivity contribution in [2.75, 3.05) is 19.8 Å². The molecule has 0 unspecified atom stereocenters. The first-order chi connectivity index (χ1) is 16.5. The molecule has 4 rings (SSSR count). The minimum atomic E-state index is -0.276. The van der Waals surface area contributed by atoms with Gasteiger partial charge in [0.2, 0.25) is 0 Å². The number of ether oxygens (including phenoxy) is 2. The van der Waals surface area contributed by atoms with Crippen molar-refractivity contribution in [3.05, 3.63) is 99.6 Å². The number of hydrogen-bond acceptors (Lipinski definition) is 5. The normalized spacial score (nSPS) is 10.8. The molecule has 34 heavy (non-hydrogen) atoms. The Bertz CT molecular complexity index is 1340. The average molecular weight is 478 g/mol. The first-order valence-corrected chi connectivity index (χ1v) is 11.3. The molecular weight excluding hydrogens is 454 g/mol. The molecule has 1 N–H and O–H groups in total. The number of rotatable bonds is 9. The Hall–Kier alpha value is -3.84. The standard InChI is InChI=1S/C26H24ClN3O4/c1-2-30(17-24-28-22-16-18(27)12-13-20(22)25(31)29-24)26(32)21-10-6-7-11-23(21)34-15-14-33-19-8-4-3-5-9-19/h3-13,16H,2,14-15,17H2,1H3,(H,28,29,31). The SMILES string of the molecule is CCN(Cc1nc2cc(Cl)ccc2c(=O)[nH]1)C(=O)c1ccccc1OCCOc1ccccc1. The summed E-state index contributed by atoms with van der Waals surface area (Å²) in [5.74, 6) is 1.38. The number of H-pyrrole nitrogens is 1. The monoisotopic (exact) mass is 477 g/mol. The fourth-order valence-corrected chi connectivity index (χ4v) is 3.68. The lowest BCUT2D eigenvalue weighted by Crippen LogP contribution is -2.32. The zero-order valence-electron chi connectivity index (χ0n) is 18.7. The molecule has 1 heterocycles. The summed E-state index contributed by atoms with van der Waals surface area (Å²) < 4.78 is 11.5. The van der Waals surface area contributed by atoms with Crippen molar-refractivity contribution in [2.24, 2.45) is 0 Å². The van der Waals surface area contributed by atoms with Gasteiger partial charge in [0.1, 0.15) is 30.5 Å². The van der Waals surface area contributed by atoms with Crippen molar-refractivity contribution in [1.82, 2.24) is 14.9 Å². The third-order valence-corrected chi connectivity index (χ3v) is 5.43. The van der Waals surface area contributed by atoms with Crippen LogP contribution in [0.25, 0.3) is 10.9 Å². The number of hydrogen-bond donors (Lipinski definition) is 1. The number of carbonyl (C=O) groups is 1. The molecule has 8 heteroatoms. The van der Waals surface area contributed by atoms with Crippen molar-refractivity contribution < 1.29 is 14.3 Å². The largest absolute Gasteiger partial charge is 0.490 e. The highest BCUT2D eigenvalue weighted by Crippen LogP contribution is 2.21. The van der Waals surface area contributed by atoms with Crippen LogP contribution in [0.5, 0.6) is 11.5 Å². The Morgan fingerprint density at radius 3 is 2.53 bits per heavy atom. The van der Waals surface area contributed by atoms with Crippen LogP contribution in [-0.4, -0.2) is 40.5 Å². The van der Waals surface area contributed by atoms with Crippen molar-refractivity contribution in [3.8, 4) is 11.5 Å². The number of amides is 1. The smallest absolute Gasteiger partial charge is 0.258 e. The van der Waals surface area contributed by atoms with E-state index >= 15 is 0 Å². The highest BCUT2D eigenvalue weighted by molar-refractivity contribution is 6.31. The molecule has 0 radical (unpaired) electrons. The average Bonchev–Trinajstić information content (AvgIpc) is 2.85. The molecule has 0 atom stereocenters. The highest BCUT2D eigenvalue weighted by Gasteiger charge is 2.20. The molecule has 0 bridgehead atoms. The minimum absolute atomic E-state index is 0.137. The van der Waals surface area contributed by atoms with Crippen LogP contribution < -0.4 is 15.0 Å². The van der Waals surface area contributed by atoms with Crippen LogP contribution in [-0.2, 0) is 6.54 Å². The Balaban J connectivity index is 1.47. The zero-order valence-corrected chi connectivity index (χ0v) is 19.4. The van der Waals surface area contributed by atoms with Crippen molar-refractivity contribution in [3.63, 3.8) is 0 Å². The van der Waals surface area contributed by atoms with Crippen LogP contribution in [0.4, 0.5) is 0 Å². The maximum absolute atomic E-state index is 13.3. The van der Waals surface area contributed by atoms with Gasteiger partial charge in [0.05, 0.1) is 23.0 Å². The van der Waals surface area contributed by atoms with E-state index in [2.05, 4.69) is 9.97 Å². The first kappa shape index (κ1) is 23.3. The number of nitrogens with zero attached hydrogens (tertiary/aromatic N) is 2. The van der Waals surface area contributed by atoms with E-state index in [-0.39, 0.29) is 24.6 Å². The number of nitrogens with one attached hydrogen (secondary N) is 1. The van der Waals surface area contributed by atoms with Gasteiger partial charge in [-0.25, -0.2) is 4.98 Å². The Morgan fingerprint density at radius 1 is 1.00 bits per heavy atom. The molecule has 0 aliphatic rings. The minimum Gasteiger partial charge on any atom is -0.490 e. The number of benzene rings is 3. The number of halogens is 1. The molecule has 1 aromatic heterocycles. The number of para-hydroxylation sites is 2. The fraction of sp³-hybridized carbons (Fsp3) is 0.192. The van der Waals surface area contributed by atoms with E-state index in [1.165, 1.54) is 0 Å². The Labute approximate surface area is 201 Å². The first-order valence-electron chi connectivity index (χ1n) is 10.9. The lowest BCUT2D eigenvalue weighted by atomic mass is 10.1. The molecule has 3 aromatic carbocycles. The van der Waals surface area contributed by atoms with Gasteiger partial charge in [0.15, 0.2) is 0 Å². The summed E-state index contributed by atoms with van der Waals surface area (Å²) in [6.07, 6.45) is 0. The van der Waals surface area contributed by atoms with Gasteiger partial charge in [-0.1, -0.05) is 41.9 Å². The quantitative estimate of drug-likeness (QED) is 0.353.